The summed E-state index contributed by atoms with van der Waals surface area (Å²) >= 11 is 0. The van der Waals surface area contributed by atoms with Gasteiger partial charge in [0.15, 0.2) is 17.5 Å². The highest BCUT2D eigenvalue weighted by atomic mass is 19.2. The molecule has 1 fully saturated rings. The Morgan fingerprint density at radius 3 is 2.04 bits per heavy atom. The summed E-state index contributed by atoms with van der Waals surface area (Å²) in [4.78, 5) is 0. The van der Waals surface area contributed by atoms with E-state index in [1.165, 1.54) is 64.2 Å². The lowest BCUT2D eigenvalue weighted by molar-refractivity contribution is 0.249. The number of unbranched alkanes of at least 4 members (excludes halogenated alkanes) is 3. The first-order chi connectivity index (χ1) is 12.6. The standard InChI is InChI=1S/C23H33F3/c1-2-3-4-5-6-7-8-9-18-10-12-19(13-11-18)14-15-20-16-21(24)23(26)22(25)17-20/h4-5,16-19H,2-3,6-15H2,1H3. The van der Waals surface area contributed by atoms with Gasteiger partial charge in [0.05, 0.1) is 0 Å². The SMILES string of the molecule is CCCC=CCCCCC1CCC(CCc2cc(F)c(F)c(F)c2)CC1. The van der Waals surface area contributed by atoms with Gasteiger partial charge in [0.2, 0.25) is 0 Å². The zero-order chi connectivity index (χ0) is 18.8. The van der Waals surface area contributed by atoms with E-state index in [-0.39, 0.29) is 0 Å². The lowest BCUT2D eigenvalue weighted by Crippen LogP contribution is -2.15. The predicted octanol–water partition coefficient (Wildman–Crippen LogP) is 7.76. The molecule has 0 heterocycles. The van der Waals surface area contributed by atoms with Crippen molar-refractivity contribution in [3.63, 3.8) is 0 Å². The number of rotatable bonds is 10. The van der Waals surface area contributed by atoms with Crippen molar-refractivity contribution in [2.24, 2.45) is 11.8 Å². The van der Waals surface area contributed by atoms with Crippen molar-refractivity contribution in [1.29, 1.82) is 0 Å². The minimum absolute atomic E-state index is 0.569. The van der Waals surface area contributed by atoms with Gasteiger partial charge >= 0.3 is 0 Å². The molecule has 0 nitrogen and oxygen atoms in total. The fraction of sp³-hybridized carbons (Fsp3) is 0.652. The van der Waals surface area contributed by atoms with Crippen LogP contribution in [0.5, 0.6) is 0 Å². The normalized spacial score (nSPS) is 20.8. The molecule has 3 heteroatoms. The van der Waals surface area contributed by atoms with E-state index in [1.807, 2.05) is 0 Å². The molecule has 0 bridgehead atoms. The molecule has 1 saturated carbocycles. The Balaban J connectivity index is 1.60. The van der Waals surface area contributed by atoms with Gasteiger partial charge in [-0.15, -0.1) is 0 Å². The molecule has 1 aromatic rings. The van der Waals surface area contributed by atoms with Crippen LogP contribution in [0.2, 0.25) is 0 Å². The highest BCUT2D eigenvalue weighted by Gasteiger charge is 2.21. The number of allylic oxidation sites excluding steroid dienone is 2. The summed E-state index contributed by atoms with van der Waals surface area (Å²) in [5, 5.41) is 0. The van der Waals surface area contributed by atoms with Crippen LogP contribution in [0.15, 0.2) is 24.3 Å². The average molecular weight is 367 g/mol. The van der Waals surface area contributed by atoms with E-state index in [1.54, 1.807) is 0 Å². The molecule has 0 N–H and O–H groups in total. The van der Waals surface area contributed by atoms with Gasteiger partial charge in [0.1, 0.15) is 0 Å². The summed E-state index contributed by atoms with van der Waals surface area (Å²) in [5.41, 5.74) is 0.569. The second kappa shape index (κ2) is 11.5. The van der Waals surface area contributed by atoms with E-state index in [9.17, 15) is 13.2 Å². The van der Waals surface area contributed by atoms with Gasteiger partial charge in [0.25, 0.3) is 0 Å². The minimum Gasteiger partial charge on any atom is -0.204 e. The molecular formula is C23H33F3. The van der Waals surface area contributed by atoms with Gasteiger partial charge in [-0.05, 0) is 61.6 Å². The third-order valence-electron chi connectivity index (χ3n) is 5.71. The largest absolute Gasteiger partial charge is 0.204 e. The summed E-state index contributed by atoms with van der Waals surface area (Å²) in [6.07, 6.45) is 18.8. The molecule has 0 amide bonds. The molecular weight excluding hydrogens is 333 g/mol. The number of benzene rings is 1. The molecule has 0 saturated heterocycles. The first-order valence-corrected chi connectivity index (χ1v) is 10.4. The van der Waals surface area contributed by atoms with Crippen molar-refractivity contribution in [3.8, 4) is 0 Å². The van der Waals surface area contributed by atoms with Crippen LogP contribution in [-0.2, 0) is 6.42 Å². The highest BCUT2D eigenvalue weighted by molar-refractivity contribution is 5.19. The van der Waals surface area contributed by atoms with Crippen LogP contribution in [0.4, 0.5) is 13.2 Å². The van der Waals surface area contributed by atoms with Gasteiger partial charge < -0.3 is 0 Å². The number of halogens is 3. The Labute approximate surface area is 156 Å². The van der Waals surface area contributed by atoms with Crippen LogP contribution in [0.25, 0.3) is 0 Å². The fourth-order valence-corrected chi connectivity index (χ4v) is 4.03. The molecule has 0 atom stereocenters. The van der Waals surface area contributed by atoms with Crippen molar-refractivity contribution in [2.45, 2.75) is 84.0 Å². The number of hydrogen-bond acceptors (Lipinski definition) is 0. The van der Waals surface area contributed by atoms with Gasteiger partial charge in [0, 0.05) is 0 Å². The molecule has 0 aliphatic heterocycles. The third-order valence-corrected chi connectivity index (χ3v) is 5.71. The second-order valence-electron chi connectivity index (χ2n) is 7.84. The summed E-state index contributed by atoms with van der Waals surface area (Å²) in [6.45, 7) is 2.21. The Morgan fingerprint density at radius 1 is 0.846 bits per heavy atom. The molecule has 26 heavy (non-hydrogen) atoms. The number of aryl methyl sites for hydroxylation is 1. The molecule has 0 radical (unpaired) electrons. The molecule has 0 unspecified atom stereocenters. The maximum atomic E-state index is 13.3. The zero-order valence-electron chi connectivity index (χ0n) is 16.1. The monoisotopic (exact) mass is 366 g/mol. The molecule has 1 aliphatic carbocycles. The van der Waals surface area contributed by atoms with Crippen molar-refractivity contribution in [2.75, 3.05) is 0 Å². The van der Waals surface area contributed by atoms with Crippen molar-refractivity contribution >= 4 is 0 Å². The zero-order valence-corrected chi connectivity index (χ0v) is 16.1. The second-order valence-corrected chi connectivity index (χ2v) is 7.84. The summed E-state index contributed by atoms with van der Waals surface area (Å²) in [5.74, 6) is -2.03. The predicted molar refractivity (Wildman–Crippen MR) is 103 cm³/mol. The van der Waals surface area contributed by atoms with Crippen LogP contribution in [0.1, 0.15) is 83.1 Å². The summed E-state index contributed by atoms with van der Waals surface area (Å²) in [6, 6.07) is 2.28. The van der Waals surface area contributed by atoms with Crippen molar-refractivity contribution in [1.82, 2.24) is 0 Å². The molecule has 146 valence electrons. The van der Waals surface area contributed by atoms with E-state index < -0.39 is 17.5 Å². The van der Waals surface area contributed by atoms with Crippen molar-refractivity contribution < 1.29 is 13.2 Å². The van der Waals surface area contributed by atoms with Crippen molar-refractivity contribution in [3.05, 3.63) is 47.3 Å². The quantitative estimate of drug-likeness (QED) is 0.225. The molecule has 1 aromatic carbocycles. The maximum absolute atomic E-state index is 13.3. The lowest BCUT2D eigenvalue weighted by Gasteiger charge is -2.28. The smallest absolute Gasteiger partial charge is 0.194 e. The highest BCUT2D eigenvalue weighted by Crippen LogP contribution is 2.34. The summed E-state index contributed by atoms with van der Waals surface area (Å²) in [7, 11) is 0. The lowest BCUT2D eigenvalue weighted by atomic mass is 9.78. The van der Waals surface area contributed by atoms with Gasteiger partial charge in [-0.3, -0.25) is 0 Å². The Bertz CT molecular complexity index is 534. The Kier molecular flexibility index (Phi) is 9.28. The van der Waals surface area contributed by atoms with E-state index >= 15 is 0 Å². The molecule has 2 rings (SSSR count). The fourth-order valence-electron chi connectivity index (χ4n) is 4.03. The number of hydrogen-bond donors (Lipinski definition) is 0. The molecule has 0 spiro atoms. The van der Waals surface area contributed by atoms with Crippen LogP contribution in [0.3, 0.4) is 0 Å². The van der Waals surface area contributed by atoms with E-state index in [4.69, 9.17) is 0 Å². The van der Waals surface area contributed by atoms with Gasteiger partial charge in [-0.1, -0.05) is 64.0 Å². The van der Waals surface area contributed by atoms with Crippen LogP contribution in [-0.4, -0.2) is 0 Å². The summed E-state index contributed by atoms with van der Waals surface area (Å²) < 4.78 is 39.5. The van der Waals surface area contributed by atoms with E-state index in [0.29, 0.717) is 17.9 Å². The topological polar surface area (TPSA) is 0 Å². The third kappa shape index (κ3) is 7.17. The Morgan fingerprint density at radius 2 is 1.42 bits per heavy atom. The average Bonchev–Trinajstić information content (AvgIpc) is 2.64. The van der Waals surface area contributed by atoms with Gasteiger partial charge in [-0.25, -0.2) is 13.2 Å². The molecule has 0 aromatic heterocycles. The van der Waals surface area contributed by atoms with Crippen LogP contribution >= 0.6 is 0 Å². The van der Waals surface area contributed by atoms with Crippen LogP contribution < -0.4 is 0 Å². The Hall–Kier alpha value is -1.25. The first kappa shape index (κ1) is 21.1. The maximum Gasteiger partial charge on any atom is 0.194 e. The molecule has 1 aliphatic rings. The van der Waals surface area contributed by atoms with Gasteiger partial charge in [-0.2, -0.15) is 0 Å². The van der Waals surface area contributed by atoms with E-state index in [2.05, 4.69) is 19.1 Å². The van der Waals surface area contributed by atoms with E-state index in [0.717, 1.165) is 24.5 Å². The first-order valence-electron chi connectivity index (χ1n) is 10.4. The van der Waals surface area contributed by atoms with Crippen LogP contribution in [0, 0.1) is 29.3 Å². The minimum atomic E-state index is -1.37.